The standard InChI is InChI=1S/C21H25NO2/c1-17(16-22-14-8-9-15-22)24-21(23)20(18-10-4-2-5-11-18)19-12-6-3-7-13-19/h2-7,10-13,17,20H,8-9,14-16H2,1H3/p+1/t17-/m1/s1. The first-order valence-corrected chi connectivity index (χ1v) is 8.88. The summed E-state index contributed by atoms with van der Waals surface area (Å²) >= 11 is 0. The largest absolute Gasteiger partial charge is 0.456 e. The molecule has 1 atom stereocenters. The second-order valence-electron chi connectivity index (χ2n) is 6.66. The number of carbonyl (C=O) groups excluding carboxylic acids is 1. The predicted octanol–water partition coefficient (Wildman–Crippen LogP) is 2.43. The van der Waals surface area contributed by atoms with Crippen LogP contribution in [0.15, 0.2) is 60.7 Å². The summed E-state index contributed by atoms with van der Waals surface area (Å²) < 4.78 is 5.82. The van der Waals surface area contributed by atoms with Gasteiger partial charge >= 0.3 is 5.97 Å². The van der Waals surface area contributed by atoms with E-state index in [2.05, 4.69) is 0 Å². The Morgan fingerprint density at radius 2 is 1.46 bits per heavy atom. The third kappa shape index (κ3) is 4.24. The number of likely N-dealkylation sites (tertiary alicyclic amines) is 1. The summed E-state index contributed by atoms with van der Waals surface area (Å²) in [5, 5.41) is 0. The first-order valence-electron chi connectivity index (χ1n) is 8.88. The number of esters is 1. The van der Waals surface area contributed by atoms with Crippen molar-refractivity contribution in [2.45, 2.75) is 31.8 Å². The van der Waals surface area contributed by atoms with Crippen molar-refractivity contribution in [2.24, 2.45) is 0 Å². The number of rotatable bonds is 6. The molecular weight excluding hydrogens is 298 g/mol. The number of hydrogen-bond donors (Lipinski definition) is 1. The first kappa shape index (κ1) is 16.7. The highest BCUT2D eigenvalue weighted by atomic mass is 16.5. The van der Waals surface area contributed by atoms with Crippen LogP contribution in [0.3, 0.4) is 0 Å². The van der Waals surface area contributed by atoms with E-state index in [1.165, 1.54) is 25.9 Å². The van der Waals surface area contributed by atoms with Crippen molar-refractivity contribution in [2.75, 3.05) is 19.6 Å². The van der Waals surface area contributed by atoms with E-state index in [0.29, 0.717) is 0 Å². The predicted molar refractivity (Wildman–Crippen MR) is 95.1 cm³/mol. The van der Waals surface area contributed by atoms with Gasteiger partial charge in [-0.3, -0.25) is 4.79 Å². The van der Waals surface area contributed by atoms with Gasteiger partial charge in [0.15, 0.2) is 0 Å². The lowest BCUT2D eigenvalue weighted by atomic mass is 9.91. The normalized spacial score (nSPS) is 16.2. The van der Waals surface area contributed by atoms with Gasteiger partial charge in [-0.1, -0.05) is 60.7 Å². The maximum atomic E-state index is 12.9. The molecule has 1 aliphatic heterocycles. The van der Waals surface area contributed by atoms with Gasteiger partial charge in [-0.15, -0.1) is 0 Å². The molecule has 2 aromatic rings. The van der Waals surface area contributed by atoms with E-state index in [-0.39, 0.29) is 18.0 Å². The van der Waals surface area contributed by atoms with Crippen LogP contribution in [0.5, 0.6) is 0 Å². The third-order valence-corrected chi connectivity index (χ3v) is 4.71. The summed E-state index contributed by atoms with van der Waals surface area (Å²) in [6.07, 6.45) is 2.51. The second-order valence-corrected chi connectivity index (χ2v) is 6.66. The molecule has 0 aromatic heterocycles. The molecule has 0 aliphatic carbocycles. The minimum Gasteiger partial charge on any atom is -0.456 e. The summed E-state index contributed by atoms with van der Waals surface area (Å²) in [6, 6.07) is 19.8. The Morgan fingerprint density at radius 3 is 1.96 bits per heavy atom. The summed E-state index contributed by atoms with van der Waals surface area (Å²) in [5.41, 5.74) is 1.96. The average molecular weight is 324 g/mol. The fourth-order valence-corrected chi connectivity index (χ4v) is 3.55. The Labute approximate surface area is 144 Å². The van der Waals surface area contributed by atoms with Crippen molar-refractivity contribution in [1.29, 1.82) is 0 Å². The van der Waals surface area contributed by atoms with Crippen LogP contribution >= 0.6 is 0 Å². The van der Waals surface area contributed by atoms with Crippen LogP contribution < -0.4 is 4.90 Å². The van der Waals surface area contributed by atoms with E-state index in [0.717, 1.165) is 17.7 Å². The quantitative estimate of drug-likeness (QED) is 0.828. The molecule has 1 heterocycles. The summed E-state index contributed by atoms with van der Waals surface area (Å²) in [5.74, 6) is -0.512. The summed E-state index contributed by atoms with van der Waals surface area (Å²) in [4.78, 5) is 14.4. The van der Waals surface area contributed by atoms with Crippen molar-refractivity contribution in [3.05, 3.63) is 71.8 Å². The van der Waals surface area contributed by atoms with Crippen LogP contribution in [-0.2, 0) is 9.53 Å². The Hall–Kier alpha value is -2.13. The van der Waals surface area contributed by atoms with Crippen LogP contribution in [0.4, 0.5) is 0 Å². The third-order valence-electron chi connectivity index (χ3n) is 4.71. The zero-order valence-electron chi connectivity index (χ0n) is 14.3. The molecule has 24 heavy (non-hydrogen) atoms. The molecular formula is C21H26NO2+. The van der Waals surface area contributed by atoms with E-state index < -0.39 is 0 Å². The fourth-order valence-electron chi connectivity index (χ4n) is 3.55. The molecule has 0 radical (unpaired) electrons. The molecule has 3 rings (SSSR count). The molecule has 0 bridgehead atoms. The summed E-state index contributed by atoms with van der Waals surface area (Å²) in [7, 11) is 0. The molecule has 126 valence electrons. The van der Waals surface area contributed by atoms with Crippen LogP contribution in [0.25, 0.3) is 0 Å². The van der Waals surface area contributed by atoms with Gasteiger partial charge in [0.05, 0.1) is 13.1 Å². The Morgan fingerprint density at radius 1 is 0.958 bits per heavy atom. The van der Waals surface area contributed by atoms with E-state index in [1.54, 1.807) is 4.90 Å². The number of nitrogens with one attached hydrogen (secondary N) is 1. The highest BCUT2D eigenvalue weighted by molar-refractivity contribution is 5.82. The molecule has 1 N–H and O–H groups in total. The molecule has 1 aliphatic rings. The number of carbonyl (C=O) groups is 1. The highest BCUT2D eigenvalue weighted by Crippen LogP contribution is 2.26. The van der Waals surface area contributed by atoms with Gasteiger partial charge in [-0.25, -0.2) is 0 Å². The van der Waals surface area contributed by atoms with Crippen LogP contribution in [0.1, 0.15) is 36.8 Å². The SMILES string of the molecule is C[C@H](C[NH+]1CCCC1)OC(=O)C(c1ccccc1)c1ccccc1. The Kier molecular flexibility index (Phi) is 5.65. The van der Waals surface area contributed by atoms with Gasteiger partial charge in [-0.2, -0.15) is 0 Å². The fraction of sp³-hybridized carbons (Fsp3) is 0.381. The average Bonchev–Trinajstić information content (AvgIpc) is 3.10. The molecule has 0 amide bonds. The maximum absolute atomic E-state index is 12.9. The van der Waals surface area contributed by atoms with Gasteiger partial charge in [0.25, 0.3) is 0 Å². The molecule has 2 aromatic carbocycles. The highest BCUT2D eigenvalue weighted by Gasteiger charge is 2.27. The zero-order valence-corrected chi connectivity index (χ0v) is 14.3. The van der Waals surface area contributed by atoms with E-state index in [4.69, 9.17) is 4.74 Å². The van der Waals surface area contributed by atoms with Crippen molar-refractivity contribution in [3.63, 3.8) is 0 Å². The minimum atomic E-state index is -0.358. The van der Waals surface area contributed by atoms with Crippen LogP contribution in [0, 0.1) is 0 Å². The lowest BCUT2D eigenvalue weighted by Crippen LogP contribution is -3.11. The summed E-state index contributed by atoms with van der Waals surface area (Å²) in [6.45, 7) is 5.31. The van der Waals surface area contributed by atoms with Crippen molar-refractivity contribution in [1.82, 2.24) is 0 Å². The Balaban J connectivity index is 1.74. The number of quaternary nitrogens is 1. The molecule has 1 fully saturated rings. The van der Waals surface area contributed by atoms with Crippen molar-refractivity contribution < 1.29 is 14.4 Å². The minimum absolute atomic E-state index is 0.0551. The molecule has 3 nitrogen and oxygen atoms in total. The van der Waals surface area contributed by atoms with E-state index >= 15 is 0 Å². The van der Waals surface area contributed by atoms with E-state index in [9.17, 15) is 4.79 Å². The zero-order chi connectivity index (χ0) is 16.8. The van der Waals surface area contributed by atoms with Gasteiger partial charge in [0.1, 0.15) is 18.6 Å². The van der Waals surface area contributed by atoms with Crippen molar-refractivity contribution in [3.8, 4) is 0 Å². The molecule has 1 saturated heterocycles. The molecule has 3 heteroatoms. The van der Waals surface area contributed by atoms with Gasteiger partial charge in [0.2, 0.25) is 0 Å². The number of ether oxygens (including phenoxy) is 1. The smallest absolute Gasteiger partial charge is 0.318 e. The lowest BCUT2D eigenvalue weighted by Gasteiger charge is -2.22. The van der Waals surface area contributed by atoms with E-state index in [1.807, 2.05) is 67.6 Å². The lowest BCUT2D eigenvalue weighted by molar-refractivity contribution is -0.890. The van der Waals surface area contributed by atoms with Gasteiger partial charge < -0.3 is 9.64 Å². The second kappa shape index (κ2) is 8.11. The monoisotopic (exact) mass is 324 g/mol. The topological polar surface area (TPSA) is 30.7 Å². The van der Waals surface area contributed by atoms with Gasteiger partial charge in [0, 0.05) is 12.8 Å². The molecule has 0 spiro atoms. The maximum Gasteiger partial charge on any atom is 0.318 e. The number of benzene rings is 2. The van der Waals surface area contributed by atoms with Crippen LogP contribution in [-0.4, -0.2) is 31.7 Å². The molecule has 0 unspecified atom stereocenters. The number of hydrogen-bond acceptors (Lipinski definition) is 2. The first-order chi connectivity index (χ1) is 11.7. The van der Waals surface area contributed by atoms with Crippen LogP contribution in [0.2, 0.25) is 0 Å². The van der Waals surface area contributed by atoms with Crippen molar-refractivity contribution >= 4 is 5.97 Å². The molecule has 0 saturated carbocycles. The van der Waals surface area contributed by atoms with Gasteiger partial charge in [-0.05, 0) is 18.1 Å². The Bertz CT molecular complexity index is 596.